The minimum atomic E-state index is 0.501. The molecule has 1 N–H and O–H groups in total. The van der Waals surface area contributed by atoms with Crippen LogP contribution in [0.1, 0.15) is 5.56 Å². The summed E-state index contributed by atoms with van der Waals surface area (Å²) in [6, 6.07) is 14.3. The first kappa shape index (κ1) is 11.3. The lowest BCUT2D eigenvalue weighted by molar-refractivity contribution is 0.623. The van der Waals surface area contributed by atoms with Gasteiger partial charge < -0.3 is 9.73 Å². The normalized spacial score (nSPS) is 10.8. The number of hydrogen-bond acceptors (Lipinski definition) is 3. The average Bonchev–Trinajstić information content (AvgIpc) is 2.75. The molecular formula is C14H11BrN2O. The van der Waals surface area contributed by atoms with Crippen molar-refractivity contribution in [3.05, 3.63) is 52.5 Å². The van der Waals surface area contributed by atoms with Crippen LogP contribution in [0.3, 0.4) is 0 Å². The van der Waals surface area contributed by atoms with Crippen LogP contribution in [-0.4, -0.2) is 4.98 Å². The van der Waals surface area contributed by atoms with Crippen LogP contribution in [0.2, 0.25) is 0 Å². The molecule has 0 spiro atoms. The van der Waals surface area contributed by atoms with Crippen molar-refractivity contribution in [3.63, 3.8) is 0 Å². The molecule has 0 amide bonds. The minimum Gasteiger partial charge on any atom is -0.423 e. The van der Waals surface area contributed by atoms with Crippen LogP contribution >= 0.6 is 15.9 Å². The van der Waals surface area contributed by atoms with Crippen molar-refractivity contribution in [2.24, 2.45) is 0 Å². The van der Waals surface area contributed by atoms with E-state index in [1.165, 1.54) is 5.56 Å². The van der Waals surface area contributed by atoms with Crippen molar-refractivity contribution >= 4 is 38.7 Å². The molecule has 3 rings (SSSR count). The molecule has 1 heterocycles. The Morgan fingerprint density at radius 2 is 2.00 bits per heavy atom. The van der Waals surface area contributed by atoms with Gasteiger partial charge in [0.05, 0.1) is 5.69 Å². The van der Waals surface area contributed by atoms with E-state index in [0.717, 1.165) is 21.3 Å². The van der Waals surface area contributed by atoms with Crippen LogP contribution in [0.15, 0.2) is 51.4 Å². The molecule has 18 heavy (non-hydrogen) atoms. The van der Waals surface area contributed by atoms with Gasteiger partial charge in [-0.1, -0.05) is 18.2 Å². The van der Waals surface area contributed by atoms with Crippen LogP contribution in [-0.2, 0) is 0 Å². The van der Waals surface area contributed by atoms with Gasteiger partial charge in [0.1, 0.15) is 5.52 Å². The lowest BCUT2D eigenvalue weighted by Gasteiger charge is -2.04. The molecule has 0 radical (unpaired) electrons. The third-order valence-corrected chi connectivity index (χ3v) is 3.32. The van der Waals surface area contributed by atoms with Gasteiger partial charge in [0, 0.05) is 4.47 Å². The first-order valence-electron chi connectivity index (χ1n) is 5.61. The van der Waals surface area contributed by atoms with Gasteiger partial charge in [-0.3, -0.25) is 0 Å². The number of nitrogens with zero attached hydrogens (tertiary/aromatic N) is 1. The fourth-order valence-corrected chi connectivity index (χ4v) is 2.35. The van der Waals surface area contributed by atoms with Crippen LogP contribution in [0.4, 0.5) is 11.7 Å². The SMILES string of the molecule is Cc1ccc(Nc2nc3ccccc3o2)c(Br)c1. The Balaban J connectivity index is 1.96. The summed E-state index contributed by atoms with van der Waals surface area (Å²) in [4.78, 5) is 4.37. The zero-order chi connectivity index (χ0) is 12.5. The largest absolute Gasteiger partial charge is 0.423 e. The number of rotatable bonds is 2. The van der Waals surface area contributed by atoms with E-state index < -0.39 is 0 Å². The number of anilines is 2. The van der Waals surface area contributed by atoms with Crippen LogP contribution in [0.5, 0.6) is 0 Å². The van der Waals surface area contributed by atoms with Gasteiger partial charge in [-0.2, -0.15) is 4.98 Å². The summed E-state index contributed by atoms with van der Waals surface area (Å²) in [6.45, 7) is 2.05. The van der Waals surface area contributed by atoms with E-state index in [1.807, 2.05) is 49.4 Å². The number of benzene rings is 2. The third-order valence-electron chi connectivity index (χ3n) is 2.66. The summed E-state index contributed by atoms with van der Waals surface area (Å²) in [7, 11) is 0. The fourth-order valence-electron chi connectivity index (χ4n) is 1.76. The molecule has 3 nitrogen and oxygen atoms in total. The molecule has 0 saturated heterocycles. The van der Waals surface area contributed by atoms with Gasteiger partial charge in [-0.25, -0.2) is 0 Å². The zero-order valence-electron chi connectivity index (χ0n) is 9.77. The fraction of sp³-hybridized carbons (Fsp3) is 0.0714. The number of oxazole rings is 1. The summed E-state index contributed by atoms with van der Waals surface area (Å²) < 4.78 is 6.60. The highest BCUT2D eigenvalue weighted by Crippen LogP contribution is 2.28. The van der Waals surface area contributed by atoms with Crippen LogP contribution < -0.4 is 5.32 Å². The lowest BCUT2D eigenvalue weighted by atomic mass is 10.2. The van der Waals surface area contributed by atoms with Crippen molar-refractivity contribution < 1.29 is 4.42 Å². The third kappa shape index (κ3) is 2.11. The molecule has 3 aromatic rings. The van der Waals surface area contributed by atoms with Gasteiger partial charge in [-0.05, 0) is 52.7 Å². The predicted molar refractivity (Wildman–Crippen MR) is 76.2 cm³/mol. The number of para-hydroxylation sites is 2. The average molecular weight is 303 g/mol. The second-order valence-corrected chi connectivity index (χ2v) is 4.95. The molecule has 4 heteroatoms. The highest BCUT2D eigenvalue weighted by atomic mass is 79.9. The highest BCUT2D eigenvalue weighted by molar-refractivity contribution is 9.10. The molecule has 0 atom stereocenters. The zero-order valence-corrected chi connectivity index (χ0v) is 11.4. The van der Waals surface area contributed by atoms with Crippen molar-refractivity contribution in [2.75, 3.05) is 5.32 Å². The molecule has 0 bridgehead atoms. The molecule has 0 unspecified atom stereocenters. The van der Waals surface area contributed by atoms with Gasteiger partial charge >= 0.3 is 0 Å². The Bertz CT molecular complexity index is 673. The highest BCUT2D eigenvalue weighted by Gasteiger charge is 2.07. The van der Waals surface area contributed by atoms with E-state index in [9.17, 15) is 0 Å². The van der Waals surface area contributed by atoms with Crippen molar-refractivity contribution in [3.8, 4) is 0 Å². The van der Waals surface area contributed by atoms with E-state index in [1.54, 1.807) is 0 Å². The maximum Gasteiger partial charge on any atom is 0.300 e. The smallest absolute Gasteiger partial charge is 0.300 e. The number of halogens is 1. The van der Waals surface area contributed by atoms with E-state index >= 15 is 0 Å². The van der Waals surface area contributed by atoms with Gasteiger partial charge in [-0.15, -0.1) is 0 Å². The number of fused-ring (bicyclic) bond motifs is 1. The minimum absolute atomic E-state index is 0.501. The molecular weight excluding hydrogens is 292 g/mol. The Labute approximate surface area is 113 Å². The predicted octanol–water partition coefficient (Wildman–Crippen LogP) is 4.64. The van der Waals surface area contributed by atoms with Crippen LogP contribution in [0.25, 0.3) is 11.1 Å². The summed E-state index contributed by atoms with van der Waals surface area (Å²) in [5.74, 6) is 0. The second kappa shape index (κ2) is 4.46. The Morgan fingerprint density at radius 1 is 1.17 bits per heavy atom. The summed E-state index contributed by atoms with van der Waals surface area (Å²) in [5, 5.41) is 3.16. The lowest BCUT2D eigenvalue weighted by Crippen LogP contribution is -1.91. The number of aromatic nitrogens is 1. The first-order valence-corrected chi connectivity index (χ1v) is 6.40. The molecule has 0 saturated carbocycles. The molecule has 90 valence electrons. The van der Waals surface area contributed by atoms with Gasteiger partial charge in [0.25, 0.3) is 6.01 Å². The standard InChI is InChI=1S/C14H11BrN2O/c1-9-6-7-11(10(15)8-9)16-14-17-12-4-2-3-5-13(12)18-14/h2-8H,1H3,(H,16,17). The molecule has 0 fully saturated rings. The number of hydrogen-bond donors (Lipinski definition) is 1. The van der Waals surface area contributed by atoms with Crippen molar-refractivity contribution in [1.29, 1.82) is 0 Å². The molecule has 0 aliphatic heterocycles. The maximum atomic E-state index is 5.61. The Hall–Kier alpha value is -1.81. The Morgan fingerprint density at radius 3 is 2.78 bits per heavy atom. The van der Waals surface area contributed by atoms with Gasteiger partial charge in [0.15, 0.2) is 5.58 Å². The number of nitrogens with one attached hydrogen (secondary N) is 1. The van der Waals surface area contributed by atoms with E-state index in [4.69, 9.17) is 4.42 Å². The second-order valence-electron chi connectivity index (χ2n) is 4.10. The monoisotopic (exact) mass is 302 g/mol. The topological polar surface area (TPSA) is 38.1 Å². The van der Waals surface area contributed by atoms with E-state index in [-0.39, 0.29) is 0 Å². The summed E-state index contributed by atoms with van der Waals surface area (Å²) >= 11 is 3.52. The molecule has 0 aliphatic carbocycles. The maximum absolute atomic E-state index is 5.61. The quantitative estimate of drug-likeness (QED) is 0.749. The van der Waals surface area contributed by atoms with Crippen molar-refractivity contribution in [1.82, 2.24) is 4.98 Å². The van der Waals surface area contributed by atoms with E-state index in [0.29, 0.717) is 6.01 Å². The number of aryl methyl sites for hydroxylation is 1. The summed E-state index contributed by atoms with van der Waals surface area (Å²) in [5.41, 5.74) is 3.77. The molecule has 2 aromatic carbocycles. The molecule has 0 aliphatic rings. The van der Waals surface area contributed by atoms with Gasteiger partial charge in [0.2, 0.25) is 0 Å². The van der Waals surface area contributed by atoms with E-state index in [2.05, 4.69) is 26.2 Å². The summed E-state index contributed by atoms with van der Waals surface area (Å²) in [6.07, 6.45) is 0. The Kier molecular flexibility index (Phi) is 2.80. The first-order chi connectivity index (χ1) is 8.72. The molecule has 1 aromatic heterocycles. The van der Waals surface area contributed by atoms with Crippen LogP contribution in [0, 0.1) is 6.92 Å². The van der Waals surface area contributed by atoms with Crippen molar-refractivity contribution in [2.45, 2.75) is 6.92 Å².